The van der Waals surface area contributed by atoms with Crippen molar-refractivity contribution in [1.29, 1.82) is 0 Å². The van der Waals surface area contributed by atoms with Gasteiger partial charge in [-0.25, -0.2) is 9.97 Å². The van der Waals surface area contributed by atoms with Gasteiger partial charge in [0.15, 0.2) is 0 Å². The van der Waals surface area contributed by atoms with Gasteiger partial charge in [-0.15, -0.1) is 0 Å². The molecule has 1 saturated heterocycles. The predicted molar refractivity (Wildman–Crippen MR) is 63.5 cm³/mol. The second-order valence-corrected chi connectivity index (χ2v) is 4.59. The number of anilines is 1. The first kappa shape index (κ1) is 11.3. The molecule has 1 aliphatic rings. The van der Waals surface area contributed by atoms with E-state index >= 15 is 0 Å². The zero-order valence-electron chi connectivity index (χ0n) is 9.94. The molecule has 2 rings (SSSR count). The molecule has 16 heavy (non-hydrogen) atoms. The van der Waals surface area contributed by atoms with Crippen LogP contribution in [0.1, 0.15) is 31.9 Å². The van der Waals surface area contributed by atoms with Gasteiger partial charge in [0.1, 0.15) is 12.1 Å². The Bertz CT molecular complexity index is 335. The lowest BCUT2D eigenvalue weighted by molar-refractivity contribution is 0.187. The second kappa shape index (κ2) is 5.25. The van der Waals surface area contributed by atoms with Gasteiger partial charge in [-0.05, 0) is 12.3 Å². The standard InChI is InChI=1S/C12H19N3O/c1-9(2)11-5-12(15-8-14-11)13-6-10-3-4-16-7-10/h5,8-10H,3-4,6-7H2,1-2H3,(H,13,14,15). The van der Waals surface area contributed by atoms with Crippen molar-refractivity contribution in [2.45, 2.75) is 26.2 Å². The summed E-state index contributed by atoms with van der Waals surface area (Å²) in [5.74, 6) is 1.99. The lowest BCUT2D eigenvalue weighted by atomic mass is 10.1. The molecule has 0 spiro atoms. The average molecular weight is 221 g/mol. The Kier molecular flexibility index (Phi) is 3.72. The van der Waals surface area contributed by atoms with Gasteiger partial charge >= 0.3 is 0 Å². The summed E-state index contributed by atoms with van der Waals surface area (Å²) < 4.78 is 5.33. The summed E-state index contributed by atoms with van der Waals surface area (Å²) in [6.07, 6.45) is 2.78. The van der Waals surface area contributed by atoms with E-state index in [1.165, 1.54) is 0 Å². The maximum atomic E-state index is 5.33. The molecule has 0 radical (unpaired) electrons. The summed E-state index contributed by atoms with van der Waals surface area (Å²) >= 11 is 0. The number of nitrogens with zero attached hydrogens (tertiary/aromatic N) is 2. The molecule has 1 atom stereocenters. The maximum absolute atomic E-state index is 5.33. The summed E-state index contributed by atoms with van der Waals surface area (Å²) in [6, 6.07) is 2.03. The molecular weight excluding hydrogens is 202 g/mol. The molecule has 0 bridgehead atoms. The molecule has 4 heteroatoms. The zero-order chi connectivity index (χ0) is 11.4. The minimum absolute atomic E-state index is 0.443. The molecule has 1 N–H and O–H groups in total. The molecule has 1 aromatic rings. The largest absolute Gasteiger partial charge is 0.381 e. The van der Waals surface area contributed by atoms with Crippen LogP contribution in [0, 0.1) is 5.92 Å². The SMILES string of the molecule is CC(C)c1cc(NCC2CCOC2)ncn1. The summed E-state index contributed by atoms with van der Waals surface area (Å²) in [4.78, 5) is 8.46. The average Bonchev–Trinajstić information content (AvgIpc) is 2.79. The lowest BCUT2D eigenvalue weighted by Crippen LogP contribution is -2.15. The van der Waals surface area contributed by atoms with Crippen LogP contribution in [0.25, 0.3) is 0 Å². The highest BCUT2D eigenvalue weighted by Crippen LogP contribution is 2.16. The van der Waals surface area contributed by atoms with Crippen LogP contribution in [-0.2, 0) is 4.74 Å². The molecule has 0 saturated carbocycles. The van der Waals surface area contributed by atoms with E-state index in [4.69, 9.17) is 4.74 Å². The topological polar surface area (TPSA) is 47.0 Å². The lowest BCUT2D eigenvalue weighted by Gasteiger charge is -2.11. The highest BCUT2D eigenvalue weighted by atomic mass is 16.5. The minimum atomic E-state index is 0.443. The first-order valence-electron chi connectivity index (χ1n) is 5.89. The van der Waals surface area contributed by atoms with Crippen LogP contribution in [0.4, 0.5) is 5.82 Å². The van der Waals surface area contributed by atoms with Crippen molar-refractivity contribution >= 4 is 5.82 Å². The molecule has 1 fully saturated rings. The van der Waals surface area contributed by atoms with E-state index in [0.717, 1.165) is 37.7 Å². The minimum Gasteiger partial charge on any atom is -0.381 e. The first-order chi connectivity index (χ1) is 7.75. The monoisotopic (exact) mass is 221 g/mol. The van der Waals surface area contributed by atoms with Gasteiger partial charge in [-0.3, -0.25) is 0 Å². The Hall–Kier alpha value is -1.16. The Morgan fingerprint density at radius 2 is 2.38 bits per heavy atom. The van der Waals surface area contributed by atoms with Crippen molar-refractivity contribution in [3.63, 3.8) is 0 Å². The highest BCUT2D eigenvalue weighted by Gasteiger charge is 2.15. The number of hydrogen-bond acceptors (Lipinski definition) is 4. The molecule has 1 unspecified atom stereocenters. The van der Waals surface area contributed by atoms with Crippen LogP contribution in [0.2, 0.25) is 0 Å². The van der Waals surface area contributed by atoms with Gasteiger partial charge in [-0.2, -0.15) is 0 Å². The fourth-order valence-electron chi connectivity index (χ4n) is 1.78. The third-order valence-electron chi connectivity index (χ3n) is 2.88. The second-order valence-electron chi connectivity index (χ2n) is 4.59. The van der Waals surface area contributed by atoms with E-state index in [1.807, 2.05) is 6.07 Å². The van der Waals surface area contributed by atoms with Crippen molar-refractivity contribution in [2.24, 2.45) is 5.92 Å². The van der Waals surface area contributed by atoms with Crippen molar-refractivity contribution in [2.75, 3.05) is 25.1 Å². The summed E-state index contributed by atoms with van der Waals surface area (Å²) in [5.41, 5.74) is 1.08. The van der Waals surface area contributed by atoms with Crippen LogP contribution < -0.4 is 5.32 Å². The molecule has 2 heterocycles. The van der Waals surface area contributed by atoms with Gasteiger partial charge in [0.2, 0.25) is 0 Å². The zero-order valence-corrected chi connectivity index (χ0v) is 9.94. The van der Waals surface area contributed by atoms with Crippen LogP contribution in [0.5, 0.6) is 0 Å². The number of aromatic nitrogens is 2. The highest BCUT2D eigenvalue weighted by molar-refractivity contribution is 5.35. The van der Waals surface area contributed by atoms with E-state index in [9.17, 15) is 0 Å². The van der Waals surface area contributed by atoms with Crippen molar-refractivity contribution < 1.29 is 4.74 Å². The molecule has 0 amide bonds. The van der Waals surface area contributed by atoms with Crippen molar-refractivity contribution in [3.8, 4) is 0 Å². The molecule has 1 aliphatic heterocycles. The van der Waals surface area contributed by atoms with Gasteiger partial charge in [-0.1, -0.05) is 13.8 Å². The van der Waals surface area contributed by atoms with E-state index in [2.05, 4.69) is 29.1 Å². The Morgan fingerprint density at radius 3 is 3.06 bits per heavy atom. The third-order valence-corrected chi connectivity index (χ3v) is 2.88. The smallest absolute Gasteiger partial charge is 0.129 e. The molecule has 1 aromatic heterocycles. The van der Waals surface area contributed by atoms with Crippen molar-refractivity contribution in [3.05, 3.63) is 18.1 Å². The molecule has 0 aliphatic carbocycles. The number of ether oxygens (including phenoxy) is 1. The van der Waals surface area contributed by atoms with E-state index in [-0.39, 0.29) is 0 Å². The predicted octanol–water partition coefficient (Wildman–Crippen LogP) is 2.05. The van der Waals surface area contributed by atoms with E-state index < -0.39 is 0 Å². The summed E-state index contributed by atoms with van der Waals surface area (Å²) in [7, 11) is 0. The number of hydrogen-bond donors (Lipinski definition) is 1. The Morgan fingerprint density at radius 1 is 1.50 bits per heavy atom. The normalized spacial score (nSPS) is 20.3. The van der Waals surface area contributed by atoms with Gasteiger partial charge in [0, 0.05) is 30.8 Å². The fourth-order valence-corrected chi connectivity index (χ4v) is 1.78. The van der Waals surface area contributed by atoms with Crippen LogP contribution in [-0.4, -0.2) is 29.7 Å². The van der Waals surface area contributed by atoms with Crippen molar-refractivity contribution in [1.82, 2.24) is 9.97 Å². The number of rotatable bonds is 4. The first-order valence-corrected chi connectivity index (χ1v) is 5.89. The van der Waals surface area contributed by atoms with Gasteiger partial charge in [0.05, 0.1) is 6.61 Å². The Labute approximate surface area is 96.4 Å². The van der Waals surface area contributed by atoms with Crippen LogP contribution >= 0.6 is 0 Å². The summed E-state index contributed by atoms with van der Waals surface area (Å²) in [6.45, 7) is 6.98. The quantitative estimate of drug-likeness (QED) is 0.845. The maximum Gasteiger partial charge on any atom is 0.129 e. The van der Waals surface area contributed by atoms with Gasteiger partial charge in [0.25, 0.3) is 0 Å². The molecular formula is C12H19N3O. The van der Waals surface area contributed by atoms with Gasteiger partial charge < -0.3 is 10.1 Å². The molecule has 0 aromatic carbocycles. The molecule has 88 valence electrons. The van der Waals surface area contributed by atoms with Crippen LogP contribution in [0.15, 0.2) is 12.4 Å². The van der Waals surface area contributed by atoms with E-state index in [1.54, 1.807) is 6.33 Å². The number of nitrogens with one attached hydrogen (secondary N) is 1. The molecule has 4 nitrogen and oxygen atoms in total. The van der Waals surface area contributed by atoms with Crippen LogP contribution in [0.3, 0.4) is 0 Å². The summed E-state index contributed by atoms with van der Waals surface area (Å²) in [5, 5.41) is 3.35. The Balaban J connectivity index is 1.90. The fraction of sp³-hybridized carbons (Fsp3) is 0.667. The van der Waals surface area contributed by atoms with E-state index in [0.29, 0.717) is 11.8 Å². The third kappa shape index (κ3) is 2.92.